The Morgan fingerprint density at radius 3 is 2.36 bits per heavy atom. The Labute approximate surface area is 65.2 Å². The molecule has 1 unspecified atom stereocenters. The molecule has 0 bridgehead atoms. The van der Waals surface area contributed by atoms with Crippen molar-refractivity contribution < 1.29 is 24.9 Å². The predicted octanol–water partition coefficient (Wildman–Crippen LogP) is -0.923. The van der Waals surface area contributed by atoms with E-state index in [1.54, 1.807) is 0 Å². The van der Waals surface area contributed by atoms with Crippen LogP contribution in [-0.4, -0.2) is 47.7 Å². The minimum Gasteiger partial charge on any atom is -0.483 e. The second-order valence-corrected chi connectivity index (χ2v) is 1.60. The van der Waals surface area contributed by atoms with E-state index >= 15 is 0 Å². The third-order valence-corrected chi connectivity index (χ3v) is 0.725. The van der Waals surface area contributed by atoms with Crippen LogP contribution in [0.25, 0.3) is 0 Å². The van der Waals surface area contributed by atoms with Crippen molar-refractivity contribution >= 4 is 6.47 Å². The van der Waals surface area contributed by atoms with Gasteiger partial charge in [-0.25, -0.2) is 0 Å². The molecule has 0 fully saturated rings. The van der Waals surface area contributed by atoms with E-state index in [-0.39, 0.29) is 19.7 Å². The fourth-order valence-corrected chi connectivity index (χ4v) is 0.307. The Morgan fingerprint density at radius 2 is 2.09 bits per heavy atom. The molecule has 0 aromatic rings. The first kappa shape index (κ1) is 13.0. The van der Waals surface area contributed by atoms with Crippen LogP contribution >= 0.6 is 0 Å². The quantitative estimate of drug-likeness (QED) is 0.470. The lowest BCUT2D eigenvalue weighted by atomic mass is 10.4. The van der Waals surface area contributed by atoms with Gasteiger partial charge in [0.05, 0.1) is 13.2 Å². The number of hydrogen-bond acceptors (Lipinski definition) is 4. The average Bonchev–Trinajstić information content (AvgIpc) is 2.02. The summed E-state index contributed by atoms with van der Waals surface area (Å²) in [7, 11) is 0. The van der Waals surface area contributed by atoms with E-state index in [2.05, 4.69) is 0 Å². The highest BCUT2D eigenvalue weighted by atomic mass is 16.5. The number of carbonyl (C=O) groups is 1. The fraction of sp³-hybridized carbons (Fsp3) is 0.833. The van der Waals surface area contributed by atoms with Crippen LogP contribution in [0.3, 0.4) is 0 Å². The van der Waals surface area contributed by atoms with Crippen LogP contribution in [0.4, 0.5) is 0 Å². The SMILES string of the molecule is CCOCC(O)CO.O=CO. The highest BCUT2D eigenvalue weighted by Gasteiger charge is 1.98. The Hall–Kier alpha value is -0.650. The molecular formula is C6H14O5. The van der Waals surface area contributed by atoms with Crippen molar-refractivity contribution in [3.63, 3.8) is 0 Å². The molecular weight excluding hydrogens is 152 g/mol. The normalized spacial score (nSPS) is 11.2. The maximum Gasteiger partial charge on any atom is 0.290 e. The van der Waals surface area contributed by atoms with Crippen LogP contribution in [0.15, 0.2) is 0 Å². The van der Waals surface area contributed by atoms with Crippen molar-refractivity contribution in [1.29, 1.82) is 0 Å². The van der Waals surface area contributed by atoms with Crippen molar-refractivity contribution in [1.82, 2.24) is 0 Å². The van der Waals surface area contributed by atoms with E-state index < -0.39 is 6.10 Å². The first-order valence-corrected chi connectivity index (χ1v) is 3.17. The highest BCUT2D eigenvalue weighted by Crippen LogP contribution is 1.81. The van der Waals surface area contributed by atoms with Gasteiger partial charge in [0.2, 0.25) is 0 Å². The summed E-state index contributed by atoms with van der Waals surface area (Å²) in [5.41, 5.74) is 0. The van der Waals surface area contributed by atoms with Crippen LogP contribution < -0.4 is 0 Å². The summed E-state index contributed by atoms with van der Waals surface area (Å²) in [5.74, 6) is 0. The van der Waals surface area contributed by atoms with Gasteiger partial charge in [-0.1, -0.05) is 0 Å². The van der Waals surface area contributed by atoms with Gasteiger partial charge in [-0.3, -0.25) is 4.79 Å². The van der Waals surface area contributed by atoms with Crippen LogP contribution in [0, 0.1) is 0 Å². The molecule has 0 radical (unpaired) electrons. The molecule has 0 amide bonds. The molecule has 5 nitrogen and oxygen atoms in total. The largest absolute Gasteiger partial charge is 0.483 e. The second kappa shape index (κ2) is 12.1. The Balaban J connectivity index is 0. The Bertz CT molecular complexity index is 75.4. The van der Waals surface area contributed by atoms with Gasteiger partial charge in [-0.05, 0) is 6.92 Å². The zero-order valence-corrected chi connectivity index (χ0v) is 6.43. The summed E-state index contributed by atoms with van der Waals surface area (Å²) in [4.78, 5) is 8.36. The second-order valence-electron chi connectivity index (χ2n) is 1.60. The van der Waals surface area contributed by atoms with Crippen molar-refractivity contribution in [2.24, 2.45) is 0 Å². The predicted molar refractivity (Wildman–Crippen MR) is 38.3 cm³/mol. The smallest absolute Gasteiger partial charge is 0.290 e. The van der Waals surface area contributed by atoms with Crippen LogP contribution in [0.2, 0.25) is 0 Å². The van der Waals surface area contributed by atoms with Gasteiger partial charge in [0.25, 0.3) is 6.47 Å². The summed E-state index contributed by atoms with van der Waals surface area (Å²) in [6.07, 6.45) is -0.713. The molecule has 0 aromatic heterocycles. The van der Waals surface area contributed by atoms with Crippen LogP contribution in [-0.2, 0) is 9.53 Å². The fourth-order valence-electron chi connectivity index (χ4n) is 0.307. The first-order chi connectivity index (χ1) is 5.22. The van der Waals surface area contributed by atoms with E-state index in [9.17, 15) is 0 Å². The molecule has 68 valence electrons. The standard InChI is InChI=1S/C5H12O3.CH2O2/c1-2-8-4-5(7)3-6;2-1-3/h5-7H,2-4H2,1H3;1H,(H,2,3). The summed E-state index contributed by atoms with van der Waals surface area (Å²) < 4.78 is 4.78. The minimum absolute atomic E-state index is 0.222. The molecule has 0 rings (SSSR count). The van der Waals surface area contributed by atoms with E-state index in [1.165, 1.54) is 0 Å². The lowest BCUT2D eigenvalue weighted by Crippen LogP contribution is -2.19. The van der Waals surface area contributed by atoms with Crippen molar-refractivity contribution in [2.75, 3.05) is 19.8 Å². The zero-order chi connectivity index (χ0) is 9.11. The molecule has 0 aliphatic carbocycles. The summed E-state index contributed by atoms with van der Waals surface area (Å²) >= 11 is 0. The number of hydrogen-bond donors (Lipinski definition) is 3. The minimum atomic E-state index is -0.713. The molecule has 0 aliphatic heterocycles. The molecule has 3 N–H and O–H groups in total. The zero-order valence-electron chi connectivity index (χ0n) is 6.43. The number of carboxylic acid groups (broad SMARTS) is 1. The van der Waals surface area contributed by atoms with Crippen molar-refractivity contribution in [3.8, 4) is 0 Å². The Kier molecular flexibility index (Phi) is 14.2. The number of aliphatic hydroxyl groups is 2. The van der Waals surface area contributed by atoms with E-state index in [0.717, 1.165) is 0 Å². The number of rotatable bonds is 4. The maximum absolute atomic E-state index is 8.61. The average molecular weight is 166 g/mol. The number of ether oxygens (including phenoxy) is 1. The van der Waals surface area contributed by atoms with Crippen molar-refractivity contribution in [2.45, 2.75) is 13.0 Å². The number of aliphatic hydroxyl groups excluding tert-OH is 2. The van der Waals surface area contributed by atoms with E-state index in [0.29, 0.717) is 6.61 Å². The first-order valence-electron chi connectivity index (χ1n) is 3.17. The topological polar surface area (TPSA) is 87.0 Å². The van der Waals surface area contributed by atoms with Gasteiger partial charge in [0.1, 0.15) is 6.10 Å². The van der Waals surface area contributed by atoms with Gasteiger partial charge >= 0.3 is 0 Å². The third-order valence-electron chi connectivity index (χ3n) is 0.725. The molecule has 0 spiro atoms. The van der Waals surface area contributed by atoms with Crippen molar-refractivity contribution in [3.05, 3.63) is 0 Å². The molecule has 5 heteroatoms. The lowest BCUT2D eigenvalue weighted by molar-refractivity contribution is -0.122. The lowest BCUT2D eigenvalue weighted by Gasteiger charge is -2.04. The van der Waals surface area contributed by atoms with Gasteiger partial charge < -0.3 is 20.1 Å². The summed E-state index contributed by atoms with van der Waals surface area (Å²) in [6, 6.07) is 0. The molecule has 0 saturated carbocycles. The van der Waals surface area contributed by atoms with Gasteiger partial charge in [-0.2, -0.15) is 0 Å². The third kappa shape index (κ3) is 17.6. The van der Waals surface area contributed by atoms with Crippen LogP contribution in [0.5, 0.6) is 0 Å². The summed E-state index contributed by atoms with van der Waals surface area (Å²) in [5, 5.41) is 23.7. The van der Waals surface area contributed by atoms with Crippen LogP contribution in [0.1, 0.15) is 6.92 Å². The monoisotopic (exact) mass is 166 g/mol. The highest BCUT2D eigenvalue weighted by molar-refractivity contribution is 5.32. The van der Waals surface area contributed by atoms with E-state index in [1.807, 2.05) is 6.92 Å². The Morgan fingerprint density at radius 1 is 1.64 bits per heavy atom. The molecule has 1 atom stereocenters. The molecule has 11 heavy (non-hydrogen) atoms. The van der Waals surface area contributed by atoms with Gasteiger partial charge in [0.15, 0.2) is 0 Å². The van der Waals surface area contributed by atoms with Gasteiger partial charge in [-0.15, -0.1) is 0 Å². The molecule has 0 aliphatic rings. The maximum atomic E-state index is 8.61. The molecule has 0 aromatic carbocycles. The van der Waals surface area contributed by atoms with E-state index in [4.69, 9.17) is 24.9 Å². The van der Waals surface area contributed by atoms with Gasteiger partial charge in [0, 0.05) is 6.61 Å². The molecule has 0 heterocycles. The molecule has 0 saturated heterocycles. The summed E-state index contributed by atoms with van der Waals surface area (Å²) in [6.45, 7) is 2.17.